The zero-order chi connectivity index (χ0) is 18.9. The summed E-state index contributed by atoms with van der Waals surface area (Å²) < 4.78 is 64.9. The average Bonchev–Trinajstić information content (AvgIpc) is 2.61. The molecule has 1 unspecified atom stereocenters. The molecule has 0 saturated carbocycles. The van der Waals surface area contributed by atoms with Gasteiger partial charge >= 0.3 is 6.18 Å². The number of nitrogens with zero attached hydrogens (tertiary/aromatic N) is 4. The number of alkyl halides is 5. The van der Waals surface area contributed by atoms with E-state index in [-0.39, 0.29) is 44.2 Å². The van der Waals surface area contributed by atoms with E-state index in [1.54, 1.807) is 4.90 Å². The van der Waals surface area contributed by atoms with Crippen molar-refractivity contribution in [1.82, 2.24) is 14.9 Å². The van der Waals surface area contributed by atoms with E-state index in [0.717, 1.165) is 12.4 Å². The van der Waals surface area contributed by atoms with Crippen LogP contribution in [0.1, 0.15) is 31.4 Å². The standard InChI is InChI=1S/C16H19F5N4O/c17-15(18)3-6-24(7-4-15)14(26)11-2-1-5-25(9-11)13-8-12(16(19,20)21)22-10-23-13/h8,10-11H,1-7,9H2. The molecule has 0 aromatic carbocycles. The van der Waals surface area contributed by atoms with Gasteiger partial charge in [-0.1, -0.05) is 0 Å². The van der Waals surface area contributed by atoms with Gasteiger partial charge in [-0.3, -0.25) is 4.79 Å². The van der Waals surface area contributed by atoms with Gasteiger partial charge < -0.3 is 9.80 Å². The highest BCUT2D eigenvalue weighted by atomic mass is 19.4. The number of amides is 1. The molecule has 3 rings (SSSR count). The number of piperidine rings is 2. The van der Waals surface area contributed by atoms with E-state index >= 15 is 0 Å². The summed E-state index contributed by atoms with van der Waals surface area (Å²) in [5.41, 5.74) is -1.03. The Morgan fingerprint density at radius 2 is 1.85 bits per heavy atom. The molecule has 0 spiro atoms. The smallest absolute Gasteiger partial charge is 0.356 e. The Morgan fingerprint density at radius 1 is 1.15 bits per heavy atom. The molecule has 0 aliphatic carbocycles. The third kappa shape index (κ3) is 4.21. The fourth-order valence-electron chi connectivity index (χ4n) is 3.37. The van der Waals surface area contributed by atoms with Crippen molar-refractivity contribution in [2.24, 2.45) is 5.92 Å². The summed E-state index contributed by atoms with van der Waals surface area (Å²) in [6.07, 6.45) is -3.21. The first kappa shape index (κ1) is 18.8. The molecule has 5 nitrogen and oxygen atoms in total. The summed E-state index contributed by atoms with van der Waals surface area (Å²) in [5.74, 6) is -3.25. The van der Waals surface area contributed by atoms with Gasteiger partial charge in [-0.25, -0.2) is 18.7 Å². The Balaban J connectivity index is 1.67. The minimum atomic E-state index is -4.57. The van der Waals surface area contributed by atoms with Crippen molar-refractivity contribution in [3.05, 3.63) is 18.1 Å². The van der Waals surface area contributed by atoms with Crippen molar-refractivity contribution in [2.45, 2.75) is 37.8 Å². The van der Waals surface area contributed by atoms with E-state index in [4.69, 9.17) is 0 Å². The minimum Gasteiger partial charge on any atom is -0.356 e. The number of carbonyl (C=O) groups is 1. The molecular weight excluding hydrogens is 359 g/mol. The van der Waals surface area contributed by atoms with E-state index in [2.05, 4.69) is 9.97 Å². The van der Waals surface area contributed by atoms with Gasteiger partial charge in [0.2, 0.25) is 5.91 Å². The molecule has 2 aliphatic rings. The molecule has 2 fully saturated rings. The van der Waals surface area contributed by atoms with Crippen molar-refractivity contribution in [3.8, 4) is 0 Å². The van der Waals surface area contributed by atoms with Crippen LogP contribution in [0.15, 0.2) is 12.4 Å². The van der Waals surface area contributed by atoms with Crippen molar-refractivity contribution in [2.75, 3.05) is 31.1 Å². The Labute approximate surface area is 147 Å². The lowest BCUT2D eigenvalue weighted by Crippen LogP contribution is -2.49. The molecule has 2 aliphatic heterocycles. The number of hydrogen-bond acceptors (Lipinski definition) is 4. The molecule has 0 N–H and O–H groups in total. The van der Waals surface area contributed by atoms with Crippen LogP contribution in [-0.2, 0) is 11.0 Å². The van der Waals surface area contributed by atoms with Gasteiger partial charge in [0.25, 0.3) is 5.92 Å². The molecule has 1 atom stereocenters. The molecule has 2 saturated heterocycles. The first-order valence-electron chi connectivity index (χ1n) is 8.46. The predicted molar refractivity (Wildman–Crippen MR) is 82.7 cm³/mol. The van der Waals surface area contributed by atoms with Crippen LogP contribution in [-0.4, -0.2) is 52.9 Å². The van der Waals surface area contributed by atoms with Gasteiger partial charge in [0, 0.05) is 45.1 Å². The molecule has 1 aromatic heterocycles. The summed E-state index contributed by atoms with van der Waals surface area (Å²) in [6.45, 7) is 0.721. The third-order valence-corrected chi connectivity index (χ3v) is 4.84. The van der Waals surface area contributed by atoms with Crippen LogP contribution in [0.25, 0.3) is 0 Å². The van der Waals surface area contributed by atoms with Crippen LogP contribution in [0.4, 0.5) is 27.8 Å². The van der Waals surface area contributed by atoms with Gasteiger partial charge in [0.15, 0.2) is 0 Å². The van der Waals surface area contributed by atoms with Crippen LogP contribution >= 0.6 is 0 Å². The molecule has 10 heteroatoms. The lowest BCUT2D eigenvalue weighted by molar-refractivity contribution is -0.142. The van der Waals surface area contributed by atoms with Crippen molar-refractivity contribution >= 4 is 11.7 Å². The monoisotopic (exact) mass is 378 g/mol. The lowest BCUT2D eigenvalue weighted by Gasteiger charge is -2.38. The molecule has 26 heavy (non-hydrogen) atoms. The van der Waals surface area contributed by atoms with E-state index in [9.17, 15) is 26.7 Å². The molecule has 3 heterocycles. The lowest BCUT2D eigenvalue weighted by atomic mass is 9.95. The van der Waals surface area contributed by atoms with Crippen molar-refractivity contribution in [1.29, 1.82) is 0 Å². The summed E-state index contributed by atoms with van der Waals surface area (Å²) in [7, 11) is 0. The average molecular weight is 378 g/mol. The highest BCUT2D eigenvalue weighted by Gasteiger charge is 2.38. The second-order valence-corrected chi connectivity index (χ2v) is 6.73. The molecular formula is C16H19F5N4O. The zero-order valence-corrected chi connectivity index (χ0v) is 14.0. The van der Waals surface area contributed by atoms with Gasteiger partial charge in [-0.15, -0.1) is 0 Å². The minimum absolute atomic E-state index is 0.00800. The van der Waals surface area contributed by atoms with E-state index < -0.39 is 23.7 Å². The molecule has 0 radical (unpaired) electrons. The first-order valence-corrected chi connectivity index (χ1v) is 8.46. The summed E-state index contributed by atoms with van der Waals surface area (Å²) in [6, 6.07) is 0.869. The fourth-order valence-corrected chi connectivity index (χ4v) is 3.37. The van der Waals surface area contributed by atoms with Crippen LogP contribution < -0.4 is 4.90 Å². The SMILES string of the molecule is O=C(C1CCCN(c2cc(C(F)(F)F)ncn2)C1)N1CCC(F)(F)CC1. The number of halogens is 5. The zero-order valence-electron chi connectivity index (χ0n) is 14.0. The maximum absolute atomic E-state index is 13.2. The van der Waals surface area contributed by atoms with Crippen LogP contribution in [0.3, 0.4) is 0 Å². The second-order valence-electron chi connectivity index (χ2n) is 6.73. The Morgan fingerprint density at radius 3 is 2.50 bits per heavy atom. The van der Waals surface area contributed by atoms with Crippen LogP contribution in [0.5, 0.6) is 0 Å². The first-order chi connectivity index (χ1) is 12.2. The second kappa shape index (κ2) is 6.96. The van der Waals surface area contributed by atoms with E-state index in [1.165, 1.54) is 4.90 Å². The number of carbonyl (C=O) groups excluding carboxylic acids is 1. The van der Waals surface area contributed by atoms with Crippen molar-refractivity contribution in [3.63, 3.8) is 0 Å². The Hall–Kier alpha value is -2.00. The van der Waals surface area contributed by atoms with Crippen molar-refractivity contribution < 1.29 is 26.7 Å². The Bertz CT molecular complexity index is 656. The molecule has 144 valence electrons. The summed E-state index contributed by atoms with van der Waals surface area (Å²) in [4.78, 5) is 22.8. The number of aromatic nitrogens is 2. The van der Waals surface area contributed by atoms with Crippen LogP contribution in [0, 0.1) is 5.92 Å². The largest absolute Gasteiger partial charge is 0.433 e. The van der Waals surface area contributed by atoms with Gasteiger partial charge in [-0.2, -0.15) is 13.2 Å². The maximum Gasteiger partial charge on any atom is 0.433 e. The fraction of sp³-hybridized carbons (Fsp3) is 0.688. The van der Waals surface area contributed by atoms with E-state index in [0.29, 0.717) is 19.4 Å². The maximum atomic E-state index is 13.2. The van der Waals surface area contributed by atoms with Gasteiger partial charge in [0.05, 0.1) is 5.92 Å². The van der Waals surface area contributed by atoms with Gasteiger partial charge in [-0.05, 0) is 12.8 Å². The number of anilines is 1. The normalized spacial score (nSPS) is 23.8. The summed E-state index contributed by atoms with van der Waals surface area (Å²) in [5, 5.41) is 0. The molecule has 1 aromatic rings. The number of likely N-dealkylation sites (tertiary alicyclic amines) is 1. The Kier molecular flexibility index (Phi) is 5.03. The van der Waals surface area contributed by atoms with E-state index in [1.807, 2.05) is 0 Å². The topological polar surface area (TPSA) is 49.3 Å². The highest BCUT2D eigenvalue weighted by molar-refractivity contribution is 5.80. The third-order valence-electron chi connectivity index (χ3n) is 4.84. The molecule has 1 amide bonds. The highest BCUT2D eigenvalue weighted by Crippen LogP contribution is 2.32. The molecule has 0 bridgehead atoms. The number of hydrogen-bond donors (Lipinski definition) is 0. The van der Waals surface area contributed by atoms with Gasteiger partial charge in [0.1, 0.15) is 17.8 Å². The quantitative estimate of drug-likeness (QED) is 0.743. The predicted octanol–water partition coefficient (Wildman–Crippen LogP) is 2.97. The van der Waals surface area contributed by atoms with Crippen LogP contribution in [0.2, 0.25) is 0 Å². The number of rotatable bonds is 2. The summed E-state index contributed by atoms with van der Waals surface area (Å²) >= 11 is 0.